The van der Waals surface area contributed by atoms with E-state index in [1.807, 2.05) is 6.92 Å². The Morgan fingerprint density at radius 1 is 1.62 bits per heavy atom. The molecule has 1 aliphatic carbocycles. The number of fused-ring (bicyclic) bond motifs is 1. The quantitative estimate of drug-likeness (QED) is 0.679. The third-order valence-corrected chi connectivity index (χ3v) is 3.67. The zero-order chi connectivity index (χ0) is 11.9. The number of carbonyl (C=O) groups is 2. The summed E-state index contributed by atoms with van der Waals surface area (Å²) in [6, 6.07) is 0. The Bertz CT molecular complexity index is 313. The number of hydrogen-bond donors (Lipinski definition) is 1. The molecule has 5 heteroatoms. The van der Waals surface area contributed by atoms with E-state index in [4.69, 9.17) is 9.47 Å². The second-order valence-electron chi connectivity index (χ2n) is 4.60. The lowest BCUT2D eigenvalue weighted by Crippen LogP contribution is -2.32. The van der Waals surface area contributed by atoms with Crippen LogP contribution in [0.2, 0.25) is 0 Å². The minimum Gasteiger partial charge on any atom is -0.458 e. The molecule has 0 spiro atoms. The van der Waals surface area contributed by atoms with E-state index in [0.29, 0.717) is 6.42 Å². The van der Waals surface area contributed by atoms with Gasteiger partial charge in [-0.15, -0.1) is 0 Å². The van der Waals surface area contributed by atoms with E-state index in [0.717, 1.165) is 0 Å². The summed E-state index contributed by atoms with van der Waals surface area (Å²) in [6.45, 7) is 3.25. The first-order chi connectivity index (χ1) is 7.54. The molecule has 0 aromatic carbocycles. The van der Waals surface area contributed by atoms with E-state index in [2.05, 4.69) is 0 Å². The van der Waals surface area contributed by atoms with Crippen molar-refractivity contribution in [1.29, 1.82) is 0 Å². The van der Waals surface area contributed by atoms with Crippen LogP contribution >= 0.6 is 0 Å². The van der Waals surface area contributed by atoms with E-state index in [1.54, 1.807) is 0 Å². The van der Waals surface area contributed by atoms with Gasteiger partial charge in [-0.2, -0.15) is 0 Å². The smallest absolute Gasteiger partial charge is 0.306 e. The maximum atomic E-state index is 11.2. The molecule has 1 saturated heterocycles. The lowest BCUT2D eigenvalue weighted by atomic mass is 9.89. The summed E-state index contributed by atoms with van der Waals surface area (Å²) in [6.07, 6.45) is -0.465. The zero-order valence-corrected chi connectivity index (χ0v) is 9.38. The van der Waals surface area contributed by atoms with Crippen molar-refractivity contribution in [2.75, 3.05) is 6.61 Å². The molecule has 0 unspecified atom stereocenters. The largest absolute Gasteiger partial charge is 0.458 e. The molecule has 0 radical (unpaired) electrons. The molecular weight excluding hydrogens is 212 g/mol. The number of aliphatic hydroxyl groups excluding tert-OH is 1. The predicted molar refractivity (Wildman–Crippen MR) is 53.3 cm³/mol. The summed E-state index contributed by atoms with van der Waals surface area (Å²) < 4.78 is 10.4. The lowest BCUT2D eigenvalue weighted by molar-refractivity contribution is -0.161. The first-order valence-corrected chi connectivity index (χ1v) is 5.52. The van der Waals surface area contributed by atoms with Gasteiger partial charge in [0.15, 0.2) is 0 Å². The van der Waals surface area contributed by atoms with Crippen molar-refractivity contribution in [2.24, 2.45) is 17.8 Å². The first-order valence-electron chi connectivity index (χ1n) is 5.52. The minimum atomic E-state index is -0.411. The highest BCUT2D eigenvalue weighted by Crippen LogP contribution is 2.45. The summed E-state index contributed by atoms with van der Waals surface area (Å²) >= 11 is 0. The summed E-state index contributed by atoms with van der Waals surface area (Å²) in [5.74, 6) is -0.663. The van der Waals surface area contributed by atoms with Crippen molar-refractivity contribution < 1.29 is 24.2 Å². The molecule has 1 N–H and O–H groups in total. The van der Waals surface area contributed by atoms with Crippen LogP contribution in [0.15, 0.2) is 0 Å². The molecule has 2 rings (SSSR count). The summed E-state index contributed by atoms with van der Waals surface area (Å²) in [4.78, 5) is 22.2. The standard InChI is InChI=1S/C11H16O5/c1-5-8(4-12)7-3-9(14)16-11(7)10(5)15-6(2)13/h5,7-8,10-12H,3-4H2,1-2H3/t5-,7-,8-,10+,11-/m1/s1. The Labute approximate surface area is 93.7 Å². The van der Waals surface area contributed by atoms with Crippen LogP contribution < -0.4 is 0 Å². The van der Waals surface area contributed by atoms with Crippen molar-refractivity contribution >= 4 is 11.9 Å². The van der Waals surface area contributed by atoms with Gasteiger partial charge in [-0.3, -0.25) is 9.59 Å². The van der Waals surface area contributed by atoms with Crippen LogP contribution in [-0.2, 0) is 19.1 Å². The van der Waals surface area contributed by atoms with Crippen molar-refractivity contribution in [1.82, 2.24) is 0 Å². The Hall–Kier alpha value is -1.10. The van der Waals surface area contributed by atoms with Crippen molar-refractivity contribution in [3.05, 3.63) is 0 Å². The molecule has 16 heavy (non-hydrogen) atoms. The Balaban J connectivity index is 2.18. The van der Waals surface area contributed by atoms with Gasteiger partial charge < -0.3 is 14.6 Å². The van der Waals surface area contributed by atoms with Crippen LogP contribution in [0.4, 0.5) is 0 Å². The second kappa shape index (κ2) is 4.05. The third-order valence-electron chi connectivity index (χ3n) is 3.67. The first kappa shape index (κ1) is 11.4. The lowest BCUT2D eigenvalue weighted by Gasteiger charge is -2.21. The van der Waals surface area contributed by atoms with E-state index >= 15 is 0 Å². The van der Waals surface area contributed by atoms with Crippen LogP contribution in [0, 0.1) is 17.8 Å². The normalized spacial score (nSPS) is 41.7. The molecule has 2 aliphatic rings. The van der Waals surface area contributed by atoms with Crippen molar-refractivity contribution in [3.8, 4) is 0 Å². The van der Waals surface area contributed by atoms with Gasteiger partial charge in [-0.25, -0.2) is 0 Å². The van der Waals surface area contributed by atoms with Crippen LogP contribution in [0.25, 0.3) is 0 Å². The third kappa shape index (κ3) is 1.69. The van der Waals surface area contributed by atoms with E-state index < -0.39 is 6.10 Å². The number of carbonyl (C=O) groups excluding carboxylic acids is 2. The van der Waals surface area contributed by atoms with Gasteiger partial charge in [0.2, 0.25) is 0 Å². The number of esters is 2. The molecule has 0 aromatic heterocycles. The number of hydrogen-bond acceptors (Lipinski definition) is 5. The van der Waals surface area contributed by atoms with Crippen LogP contribution in [-0.4, -0.2) is 35.9 Å². The maximum absolute atomic E-state index is 11.2. The maximum Gasteiger partial charge on any atom is 0.306 e. The fraction of sp³-hybridized carbons (Fsp3) is 0.818. The fourth-order valence-electron chi connectivity index (χ4n) is 2.90. The Kier molecular flexibility index (Phi) is 2.88. The van der Waals surface area contributed by atoms with Crippen LogP contribution in [0.3, 0.4) is 0 Å². The van der Waals surface area contributed by atoms with Gasteiger partial charge in [-0.05, 0) is 5.92 Å². The number of ether oxygens (including phenoxy) is 2. The van der Waals surface area contributed by atoms with Crippen molar-refractivity contribution in [2.45, 2.75) is 32.5 Å². The number of rotatable bonds is 2. The van der Waals surface area contributed by atoms with Gasteiger partial charge in [-0.1, -0.05) is 6.92 Å². The molecule has 0 amide bonds. The van der Waals surface area contributed by atoms with Crippen LogP contribution in [0.1, 0.15) is 20.3 Å². The van der Waals surface area contributed by atoms with Gasteiger partial charge >= 0.3 is 11.9 Å². The second-order valence-corrected chi connectivity index (χ2v) is 4.60. The SMILES string of the molecule is CC(=O)O[C@H]1[C@H](C)[C@@H](CO)[C@H]2CC(=O)O[C@H]21. The summed E-state index contributed by atoms with van der Waals surface area (Å²) in [5, 5.41) is 9.31. The highest BCUT2D eigenvalue weighted by molar-refractivity contribution is 5.73. The fourth-order valence-corrected chi connectivity index (χ4v) is 2.90. The summed E-state index contributed by atoms with van der Waals surface area (Å²) in [5.41, 5.74) is 0. The molecule has 5 atom stereocenters. The monoisotopic (exact) mass is 228 g/mol. The highest BCUT2D eigenvalue weighted by Gasteiger charge is 2.56. The molecule has 1 aliphatic heterocycles. The van der Waals surface area contributed by atoms with Gasteiger partial charge in [0.05, 0.1) is 6.42 Å². The van der Waals surface area contributed by atoms with Gasteiger partial charge in [0.25, 0.3) is 0 Å². The predicted octanol–water partition coefficient (Wildman–Crippen LogP) is 0.108. The molecule has 0 aromatic rings. The molecule has 90 valence electrons. The van der Waals surface area contributed by atoms with Crippen LogP contribution in [0.5, 0.6) is 0 Å². The number of aliphatic hydroxyl groups is 1. The molecule has 1 heterocycles. The Morgan fingerprint density at radius 2 is 2.31 bits per heavy atom. The molecule has 0 bridgehead atoms. The van der Waals surface area contributed by atoms with Crippen molar-refractivity contribution in [3.63, 3.8) is 0 Å². The molecule has 5 nitrogen and oxygen atoms in total. The van der Waals surface area contributed by atoms with E-state index in [-0.39, 0.29) is 42.4 Å². The van der Waals surface area contributed by atoms with Gasteiger partial charge in [0.1, 0.15) is 12.2 Å². The average Bonchev–Trinajstić information content (AvgIpc) is 2.65. The molecule has 2 fully saturated rings. The molecular formula is C11H16O5. The highest BCUT2D eigenvalue weighted by atomic mass is 16.6. The van der Waals surface area contributed by atoms with E-state index in [9.17, 15) is 14.7 Å². The summed E-state index contributed by atoms with van der Waals surface area (Å²) in [7, 11) is 0. The minimum absolute atomic E-state index is 0.00324. The zero-order valence-electron chi connectivity index (χ0n) is 9.38. The molecule has 1 saturated carbocycles. The van der Waals surface area contributed by atoms with Gasteiger partial charge in [0, 0.05) is 25.4 Å². The Morgan fingerprint density at radius 3 is 2.88 bits per heavy atom. The van der Waals surface area contributed by atoms with E-state index in [1.165, 1.54) is 6.92 Å². The topological polar surface area (TPSA) is 72.8 Å². The average molecular weight is 228 g/mol.